The standard InChI is InChI=1S/C14H23N3O2/c15-9-14(5-6-14)13(19)17-7-3-11(4-8-17)16-12(18)10-1-2-10/h10-11H,1-9,15H2,(H,16,18). The quantitative estimate of drug-likeness (QED) is 0.764. The van der Waals surface area contributed by atoms with Gasteiger partial charge in [0, 0.05) is 31.6 Å². The van der Waals surface area contributed by atoms with Crippen molar-refractivity contribution in [1.29, 1.82) is 0 Å². The zero-order valence-corrected chi connectivity index (χ0v) is 11.4. The number of hydrogen-bond acceptors (Lipinski definition) is 3. The van der Waals surface area contributed by atoms with Gasteiger partial charge in [-0.25, -0.2) is 0 Å². The highest BCUT2D eigenvalue weighted by atomic mass is 16.2. The molecule has 5 nitrogen and oxygen atoms in total. The van der Waals surface area contributed by atoms with Gasteiger partial charge >= 0.3 is 0 Å². The molecular formula is C14H23N3O2. The fourth-order valence-corrected chi connectivity index (χ4v) is 2.88. The Morgan fingerprint density at radius 3 is 2.26 bits per heavy atom. The Balaban J connectivity index is 1.46. The second-order valence-corrected chi connectivity index (χ2v) is 6.33. The molecule has 1 heterocycles. The molecule has 106 valence electrons. The third-order valence-corrected chi connectivity index (χ3v) is 4.77. The van der Waals surface area contributed by atoms with Gasteiger partial charge < -0.3 is 16.0 Å². The summed E-state index contributed by atoms with van der Waals surface area (Å²) in [7, 11) is 0. The summed E-state index contributed by atoms with van der Waals surface area (Å²) in [6.45, 7) is 2.00. The number of nitrogens with one attached hydrogen (secondary N) is 1. The third kappa shape index (κ3) is 2.61. The molecular weight excluding hydrogens is 242 g/mol. The lowest BCUT2D eigenvalue weighted by Crippen LogP contribution is -2.49. The molecule has 0 bridgehead atoms. The van der Waals surface area contributed by atoms with E-state index >= 15 is 0 Å². The molecule has 2 aliphatic carbocycles. The average Bonchev–Trinajstić information content (AvgIpc) is 3.31. The van der Waals surface area contributed by atoms with Gasteiger partial charge in [-0.2, -0.15) is 0 Å². The van der Waals surface area contributed by atoms with Gasteiger partial charge in [-0.3, -0.25) is 9.59 Å². The molecule has 3 fully saturated rings. The lowest BCUT2D eigenvalue weighted by Gasteiger charge is -2.34. The molecule has 19 heavy (non-hydrogen) atoms. The van der Waals surface area contributed by atoms with Crippen LogP contribution in [0.1, 0.15) is 38.5 Å². The van der Waals surface area contributed by atoms with Gasteiger partial charge in [-0.1, -0.05) is 0 Å². The minimum absolute atomic E-state index is 0.213. The van der Waals surface area contributed by atoms with Crippen LogP contribution in [-0.4, -0.2) is 42.4 Å². The van der Waals surface area contributed by atoms with E-state index in [0.717, 1.165) is 51.6 Å². The van der Waals surface area contributed by atoms with E-state index in [1.54, 1.807) is 0 Å². The van der Waals surface area contributed by atoms with Crippen LogP contribution in [0, 0.1) is 11.3 Å². The monoisotopic (exact) mass is 265 g/mol. The second kappa shape index (κ2) is 4.78. The van der Waals surface area contributed by atoms with Crippen molar-refractivity contribution in [3.8, 4) is 0 Å². The van der Waals surface area contributed by atoms with Crippen LogP contribution in [-0.2, 0) is 9.59 Å². The number of piperidine rings is 1. The van der Waals surface area contributed by atoms with Gasteiger partial charge in [0.25, 0.3) is 0 Å². The minimum Gasteiger partial charge on any atom is -0.353 e. The molecule has 1 saturated heterocycles. The number of likely N-dealkylation sites (tertiary alicyclic amines) is 1. The van der Waals surface area contributed by atoms with Crippen LogP contribution in [0.3, 0.4) is 0 Å². The van der Waals surface area contributed by atoms with Crippen LogP contribution in [0.2, 0.25) is 0 Å². The second-order valence-electron chi connectivity index (χ2n) is 6.33. The number of nitrogens with zero attached hydrogens (tertiary/aromatic N) is 1. The smallest absolute Gasteiger partial charge is 0.230 e. The van der Waals surface area contributed by atoms with Crippen molar-refractivity contribution in [2.45, 2.75) is 44.6 Å². The molecule has 1 aliphatic heterocycles. The fraction of sp³-hybridized carbons (Fsp3) is 0.857. The van der Waals surface area contributed by atoms with Crippen molar-refractivity contribution in [2.75, 3.05) is 19.6 Å². The Morgan fingerprint density at radius 2 is 1.79 bits per heavy atom. The van der Waals surface area contributed by atoms with Crippen LogP contribution in [0.4, 0.5) is 0 Å². The number of nitrogens with two attached hydrogens (primary N) is 1. The number of rotatable bonds is 4. The van der Waals surface area contributed by atoms with E-state index in [1.807, 2.05) is 4.90 Å². The Bertz CT molecular complexity index is 380. The largest absolute Gasteiger partial charge is 0.353 e. The van der Waals surface area contributed by atoms with Crippen molar-refractivity contribution in [3.05, 3.63) is 0 Å². The predicted octanol–water partition coefficient (Wildman–Crippen LogP) is 0.242. The van der Waals surface area contributed by atoms with Crippen LogP contribution < -0.4 is 11.1 Å². The maximum atomic E-state index is 12.3. The average molecular weight is 265 g/mol. The molecule has 0 unspecified atom stereocenters. The molecule has 3 rings (SSSR count). The Hall–Kier alpha value is -1.10. The molecule has 0 aromatic rings. The van der Waals surface area contributed by atoms with Gasteiger partial charge in [-0.05, 0) is 38.5 Å². The summed E-state index contributed by atoms with van der Waals surface area (Å²) in [4.78, 5) is 26.0. The highest BCUT2D eigenvalue weighted by molar-refractivity contribution is 5.86. The molecule has 0 aromatic carbocycles. The normalized spacial score (nSPS) is 26.1. The van der Waals surface area contributed by atoms with E-state index in [1.165, 1.54) is 0 Å². The topological polar surface area (TPSA) is 75.4 Å². The van der Waals surface area contributed by atoms with E-state index < -0.39 is 0 Å². The van der Waals surface area contributed by atoms with Crippen molar-refractivity contribution in [3.63, 3.8) is 0 Å². The molecule has 5 heteroatoms. The minimum atomic E-state index is -0.232. The van der Waals surface area contributed by atoms with Crippen LogP contribution >= 0.6 is 0 Å². The van der Waals surface area contributed by atoms with E-state index in [-0.39, 0.29) is 29.2 Å². The zero-order chi connectivity index (χ0) is 13.5. The van der Waals surface area contributed by atoms with E-state index in [9.17, 15) is 9.59 Å². The summed E-state index contributed by atoms with van der Waals surface area (Å²) in [5, 5.41) is 3.11. The Labute approximate surface area is 113 Å². The molecule has 0 radical (unpaired) electrons. The van der Waals surface area contributed by atoms with Crippen LogP contribution in [0.15, 0.2) is 0 Å². The summed E-state index contributed by atoms with van der Waals surface area (Å²) >= 11 is 0. The van der Waals surface area contributed by atoms with Crippen molar-refractivity contribution >= 4 is 11.8 Å². The van der Waals surface area contributed by atoms with Gasteiger partial charge in [0.2, 0.25) is 11.8 Å². The van der Waals surface area contributed by atoms with Crippen LogP contribution in [0.5, 0.6) is 0 Å². The Morgan fingerprint density at radius 1 is 1.16 bits per heavy atom. The number of carbonyl (C=O) groups excluding carboxylic acids is 2. The summed E-state index contributed by atoms with van der Waals surface area (Å²) in [6, 6.07) is 0.255. The highest BCUT2D eigenvalue weighted by Crippen LogP contribution is 2.46. The third-order valence-electron chi connectivity index (χ3n) is 4.77. The molecule has 2 saturated carbocycles. The first kappa shape index (κ1) is 12.9. The van der Waals surface area contributed by atoms with Gasteiger partial charge in [0.05, 0.1) is 5.41 Å². The van der Waals surface area contributed by atoms with E-state index in [0.29, 0.717) is 6.54 Å². The lowest BCUT2D eigenvalue weighted by molar-refractivity contribution is -0.137. The van der Waals surface area contributed by atoms with Crippen molar-refractivity contribution < 1.29 is 9.59 Å². The summed E-state index contributed by atoms with van der Waals surface area (Å²) in [6.07, 6.45) is 5.74. The molecule has 2 amide bonds. The zero-order valence-electron chi connectivity index (χ0n) is 11.4. The number of carbonyl (C=O) groups is 2. The molecule has 3 aliphatic rings. The number of hydrogen-bond donors (Lipinski definition) is 2. The SMILES string of the molecule is NCC1(C(=O)N2CCC(NC(=O)C3CC3)CC2)CC1. The summed E-state index contributed by atoms with van der Waals surface area (Å²) < 4.78 is 0. The first-order valence-electron chi connectivity index (χ1n) is 7.44. The first-order chi connectivity index (χ1) is 9.14. The van der Waals surface area contributed by atoms with Gasteiger partial charge in [0.15, 0.2) is 0 Å². The summed E-state index contributed by atoms with van der Waals surface area (Å²) in [5.41, 5.74) is 5.47. The van der Waals surface area contributed by atoms with Gasteiger partial charge in [-0.15, -0.1) is 0 Å². The van der Waals surface area contributed by atoms with Gasteiger partial charge in [0.1, 0.15) is 0 Å². The summed E-state index contributed by atoms with van der Waals surface area (Å²) in [5.74, 6) is 0.721. The fourth-order valence-electron chi connectivity index (χ4n) is 2.88. The Kier molecular flexibility index (Phi) is 3.25. The van der Waals surface area contributed by atoms with E-state index in [4.69, 9.17) is 5.73 Å². The molecule has 0 aromatic heterocycles. The molecule has 3 N–H and O–H groups in total. The highest BCUT2D eigenvalue weighted by Gasteiger charge is 2.50. The van der Waals surface area contributed by atoms with E-state index in [2.05, 4.69) is 5.32 Å². The number of amides is 2. The van der Waals surface area contributed by atoms with Crippen molar-refractivity contribution in [1.82, 2.24) is 10.2 Å². The van der Waals surface area contributed by atoms with Crippen LogP contribution in [0.25, 0.3) is 0 Å². The maximum absolute atomic E-state index is 12.3. The molecule has 0 spiro atoms. The lowest BCUT2D eigenvalue weighted by atomic mass is 10.0. The first-order valence-corrected chi connectivity index (χ1v) is 7.44. The predicted molar refractivity (Wildman–Crippen MR) is 71.2 cm³/mol. The maximum Gasteiger partial charge on any atom is 0.230 e. The molecule has 0 atom stereocenters. The van der Waals surface area contributed by atoms with Crippen molar-refractivity contribution in [2.24, 2.45) is 17.1 Å².